The molecule has 0 unspecified atom stereocenters. The molecule has 2 aromatic heterocycles. The Bertz CT molecular complexity index is 991. The molecule has 9 heteroatoms. The highest BCUT2D eigenvalue weighted by atomic mass is 127. The van der Waals surface area contributed by atoms with Crippen molar-refractivity contribution in [1.82, 2.24) is 25.4 Å². The topological polar surface area (TPSA) is 76.4 Å². The van der Waals surface area contributed by atoms with Gasteiger partial charge < -0.3 is 15.4 Å². The maximum absolute atomic E-state index is 6.04. The normalized spacial score (nSPS) is 11.0. The van der Waals surface area contributed by atoms with Gasteiger partial charge in [0.25, 0.3) is 0 Å². The standard InChI is InChI=1S/C21H25ClN6O.HI/c1-15-13-16(2)28(27-15)19-9-5-4-7-17(19)14-26-21(23-3)25-11-12-29-20-18(22)8-6-10-24-20;/h4-10,13H,11-12,14H2,1-3H3,(H2,23,25,26);1H. The molecule has 0 fully saturated rings. The molecule has 3 aromatic rings. The smallest absolute Gasteiger partial charge is 0.232 e. The van der Waals surface area contributed by atoms with E-state index in [-0.39, 0.29) is 24.0 Å². The summed E-state index contributed by atoms with van der Waals surface area (Å²) in [6, 6.07) is 13.8. The average Bonchev–Trinajstić information content (AvgIpc) is 3.06. The van der Waals surface area contributed by atoms with Crippen LogP contribution in [0.3, 0.4) is 0 Å². The molecule has 0 aliphatic heterocycles. The zero-order chi connectivity index (χ0) is 20.6. The van der Waals surface area contributed by atoms with Crippen molar-refractivity contribution in [2.45, 2.75) is 20.4 Å². The van der Waals surface area contributed by atoms with E-state index in [9.17, 15) is 0 Å². The first-order valence-electron chi connectivity index (χ1n) is 9.38. The maximum atomic E-state index is 6.04. The molecule has 0 radical (unpaired) electrons. The van der Waals surface area contributed by atoms with Crippen LogP contribution < -0.4 is 15.4 Å². The number of hydrogen-bond donors (Lipinski definition) is 2. The van der Waals surface area contributed by atoms with Gasteiger partial charge in [0.05, 0.1) is 17.9 Å². The van der Waals surface area contributed by atoms with E-state index in [1.165, 1.54) is 0 Å². The molecule has 2 heterocycles. The molecule has 0 amide bonds. The fourth-order valence-electron chi connectivity index (χ4n) is 2.93. The Hall–Kier alpha value is -2.33. The van der Waals surface area contributed by atoms with E-state index in [0.29, 0.717) is 36.6 Å². The fourth-order valence-corrected chi connectivity index (χ4v) is 3.11. The van der Waals surface area contributed by atoms with Gasteiger partial charge in [0.15, 0.2) is 5.96 Å². The summed E-state index contributed by atoms with van der Waals surface area (Å²) in [4.78, 5) is 8.37. The molecule has 0 bridgehead atoms. The predicted octanol–water partition coefficient (Wildman–Crippen LogP) is 3.90. The number of benzene rings is 1. The third kappa shape index (κ3) is 6.33. The monoisotopic (exact) mass is 540 g/mol. The number of para-hydroxylation sites is 1. The van der Waals surface area contributed by atoms with Crippen LogP contribution in [-0.4, -0.2) is 40.9 Å². The first-order chi connectivity index (χ1) is 14.1. The van der Waals surface area contributed by atoms with Crippen LogP contribution in [-0.2, 0) is 6.54 Å². The maximum Gasteiger partial charge on any atom is 0.232 e. The lowest BCUT2D eigenvalue weighted by Crippen LogP contribution is -2.39. The molecule has 1 aromatic carbocycles. The summed E-state index contributed by atoms with van der Waals surface area (Å²) in [6.07, 6.45) is 1.65. The molecule has 0 aliphatic rings. The Kier molecular flexibility index (Phi) is 9.38. The Morgan fingerprint density at radius 2 is 1.97 bits per heavy atom. The second-order valence-electron chi connectivity index (χ2n) is 6.46. The Morgan fingerprint density at radius 3 is 2.67 bits per heavy atom. The molecule has 0 spiro atoms. The number of nitrogens with one attached hydrogen (secondary N) is 2. The van der Waals surface area contributed by atoms with Crippen LogP contribution in [0.4, 0.5) is 0 Å². The van der Waals surface area contributed by atoms with Crippen LogP contribution in [0.15, 0.2) is 53.7 Å². The summed E-state index contributed by atoms with van der Waals surface area (Å²) in [5.74, 6) is 1.11. The number of aryl methyl sites for hydroxylation is 2. The summed E-state index contributed by atoms with van der Waals surface area (Å²) in [7, 11) is 1.73. The minimum Gasteiger partial charge on any atom is -0.475 e. The number of halogens is 2. The number of guanidine groups is 1. The van der Waals surface area contributed by atoms with Gasteiger partial charge >= 0.3 is 0 Å². The SMILES string of the molecule is CN=C(NCCOc1ncccc1Cl)NCc1ccccc1-n1nc(C)cc1C.I. The van der Waals surface area contributed by atoms with Gasteiger partial charge in [0, 0.05) is 25.5 Å². The molecule has 0 atom stereocenters. The molecule has 0 saturated heterocycles. The third-order valence-corrected chi connectivity index (χ3v) is 4.54. The average molecular weight is 541 g/mol. The lowest BCUT2D eigenvalue weighted by atomic mass is 10.1. The number of rotatable bonds is 7. The van der Waals surface area contributed by atoms with Gasteiger partial charge in [-0.2, -0.15) is 5.10 Å². The van der Waals surface area contributed by atoms with Crippen molar-refractivity contribution in [3.8, 4) is 11.6 Å². The van der Waals surface area contributed by atoms with Crippen molar-refractivity contribution in [2.24, 2.45) is 4.99 Å². The fraction of sp³-hybridized carbons (Fsp3) is 0.286. The number of hydrogen-bond acceptors (Lipinski definition) is 4. The molecule has 30 heavy (non-hydrogen) atoms. The molecule has 0 saturated carbocycles. The summed E-state index contributed by atoms with van der Waals surface area (Å²) < 4.78 is 7.55. The van der Waals surface area contributed by atoms with Crippen molar-refractivity contribution in [3.05, 3.63) is 70.6 Å². The van der Waals surface area contributed by atoms with Crippen LogP contribution in [0, 0.1) is 13.8 Å². The summed E-state index contributed by atoms with van der Waals surface area (Å²) >= 11 is 6.04. The van der Waals surface area contributed by atoms with Gasteiger partial charge in [-0.15, -0.1) is 24.0 Å². The number of aliphatic imine (C=N–C) groups is 1. The van der Waals surface area contributed by atoms with Crippen LogP contribution in [0.25, 0.3) is 5.69 Å². The highest BCUT2D eigenvalue weighted by Gasteiger charge is 2.09. The Balaban J connectivity index is 0.00000320. The predicted molar refractivity (Wildman–Crippen MR) is 131 cm³/mol. The highest BCUT2D eigenvalue weighted by Crippen LogP contribution is 2.19. The number of pyridine rings is 1. The zero-order valence-corrected chi connectivity index (χ0v) is 20.3. The van der Waals surface area contributed by atoms with E-state index in [1.807, 2.05) is 23.7 Å². The second kappa shape index (κ2) is 11.8. The van der Waals surface area contributed by atoms with Crippen molar-refractivity contribution < 1.29 is 4.74 Å². The van der Waals surface area contributed by atoms with E-state index in [0.717, 1.165) is 22.6 Å². The van der Waals surface area contributed by atoms with E-state index in [1.54, 1.807) is 25.4 Å². The van der Waals surface area contributed by atoms with E-state index in [2.05, 4.69) is 50.8 Å². The molecular weight excluding hydrogens is 515 g/mol. The molecule has 160 valence electrons. The second-order valence-corrected chi connectivity index (χ2v) is 6.87. The third-order valence-electron chi connectivity index (χ3n) is 4.26. The van der Waals surface area contributed by atoms with E-state index < -0.39 is 0 Å². The number of ether oxygens (including phenoxy) is 1. The molecular formula is C21H26ClIN6O. The van der Waals surface area contributed by atoms with Gasteiger partial charge in [0.2, 0.25) is 5.88 Å². The zero-order valence-electron chi connectivity index (χ0n) is 17.2. The van der Waals surface area contributed by atoms with E-state index in [4.69, 9.17) is 16.3 Å². The number of nitrogens with zero attached hydrogens (tertiary/aromatic N) is 4. The molecule has 2 N–H and O–H groups in total. The minimum atomic E-state index is 0. The van der Waals surface area contributed by atoms with Gasteiger partial charge in [-0.3, -0.25) is 4.99 Å². The highest BCUT2D eigenvalue weighted by molar-refractivity contribution is 14.0. The number of aromatic nitrogens is 3. The van der Waals surface area contributed by atoms with Crippen LogP contribution in [0.1, 0.15) is 17.0 Å². The van der Waals surface area contributed by atoms with Gasteiger partial charge in [-0.25, -0.2) is 9.67 Å². The summed E-state index contributed by atoms with van der Waals surface area (Å²) in [5.41, 5.74) is 4.27. The van der Waals surface area contributed by atoms with Gasteiger partial charge in [-0.1, -0.05) is 29.8 Å². The molecule has 3 rings (SSSR count). The van der Waals surface area contributed by atoms with Crippen LogP contribution >= 0.6 is 35.6 Å². The summed E-state index contributed by atoms with van der Waals surface area (Å²) in [6.45, 7) is 5.64. The first kappa shape index (κ1) is 23.9. The first-order valence-corrected chi connectivity index (χ1v) is 9.75. The van der Waals surface area contributed by atoms with Crippen LogP contribution in [0.2, 0.25) is 5.02 Å². The Labute approximate surface area is 198 Å². The van der Waals surface area contributed by atoms with Gasteiger partial charge in [0.1, 0.15) is 11.6 Å². The van der Waals surface area contributed by atoms with Gasteiger partial charge in [-0.05, 0) is 43.7 Å². The van der Waals surface area contributed by atoms with Crippen molar-refractivity contribution >= 4 is 41.5 Å². The largest absolute Gasteiger partial charge is 0.475 e. The van der Waals surface area contributed by atoms with Crippen molar-refractivity contribution in [1.29, 1.82) is 0 Å². The lowest BCUT2D eigenvalue weighted by Gasteiger charge is -2.15. The lowest BCUT2D eigenvalue weighted by molar-refractivity contribution is 0.310. The Morgan fingerprint density at radius 1 is 1.17 bits per heavy atom. The molecule has 7 nitrogen and oxygen atoms in total. The molecule has 0 aliphatic carbocycles. The van der Waals surface area contributed by atoms with Crippen molar-refractivity contribution in [3.63, 3.8) is 0 Å². The minimum absolute atomic E-state index is 0. The van der Waals surface area contributed by atoms with Crippen LogP contribution in [0.5, 0.6) is 5.88 Å². The van der Waals surface area contributed by atoms with E-state index >= 15 is 0 Å². The summed E-state index contributed by atoms with van der Waals surface area (Å²) in [5, 5.41) is 11.6. The van der Waals surface area contributed by atoms with Crippen molar-refractivity contribution in [2.75, 3.05) is 20.2 Å². The quantitative estimate of drug-likeness (QED) is 0.206.